The first-order valence-electron chi connectivity index (χ1n) is 9.02. The summed E-state index contributed by atoms with van der Waals surface area (Å²) < 4.78 is 50.9. The van der Waals surface area contributed by atoms with Crippen LogP contribution in [0.1, 0.15) is 25.3 Å². The molecule has 0 aliphatic rings. The second-order valence-corrected chi connectivity index (χ2v) is 6.34. The van der Waals surface area contributed by atoms with E-state index in [4.69, 9.17) is 9.15 Å². The molecule has 0 aliphatic heterocycles. The molecule has 0 radical (unpaired) electrons. The summed E-state index contributed by atoms with van der Waals surface area (Å²) in [6, 6.07) is 9.68. The Kier molecular flexibility index (Phi) is 5.95. The maximum atomic E-state index is 13.0. The topological polar surface area (TPSA) is 73.5 Å². The molecule has 6 nitrogen and oxygen atoms in total. The fourth-order valence-electron chi connectivity index (χ4n) is 2.79. The summed E-state index contributed by atoms with van der Waals surface area (Å²) in [6.45, 7) is 2.17. The van der Waals surface area contributed by atoms with E-state index in [1.54, 1.807) is 24.3 Å². The fraction of sp³-hybridized carbons (Fsp3) is 0.300. The van der Waals surface area contributed by atoms with E-state index in [-0.39, 0.29) is 24.4 Å². The first-order chi connectivity index (χ1) is 13.8. The number of oxazole rings is 1. The molecule has 0 saturated carbocycles. The summed E-state index contributed by atoms with van der Waals surface area (Å²) >= 11 is 0. The smallest absolute Gasteiger partial charge is 0.419 e. The number of benzene rings is 2. The van der Waals surface area contributed by atoms with Crippen LogP contribution < -0.4 is 15.8 Å². The number of rotatable bonds is 7. The average Bonchev–Trinajstić information content (AvgIpc) is 2.99. The number of anilines is 1. The van der Waals surface area contributed by atoms with Crippen molar-refractivity contribution < 1.29 is 27.1 Å². The number of hydrogen-bond donors (Lipinski definition) is 1. The molecule has 0 bridgehead atoms. The molecule has 0 spiro atoms. The van der Waals surface area contributed by atoms with Gasteiger partial charge in [0, 0.05) is 13.0 Å². The molecule has 154 valence electrons. The molecule has 1 heterocycles. The summed E-state index contributed by atoms with van der Waals surface area (Å²) in [6.07, 6.45) is -4.02. The lowest BCUT2D eigenvalue weighted by atomic mass is 10.1. The van der Waals surface area contributed by atoms with Gasteiger partial charge in [-0.05, 0) is 36.8 Å². The summed E-state index contributed by atoms with van der Waals surface area (Å²) in [5.74, 6) is -1.01. The van der Waals surface area contributed by atoms with E-state index in [2.05, 4.69) is 5.32 Å². The zero-order chi connectivity index (χ0) is 21.0. The van der Waals surface area contributed by atoms with Gasteiger partial charge in [-0.2, -0.15) is 13.2 Å². The number of fused-ring (bicyclic) bond motifs is 1. The Balaban J connectivity index is 1.76. The minimum atomic E-state index is -4.55. The van der Waals surface area contributed by atoms with Gasteiger partial charge in [-0.25, -0.2) is 4.79 Å². The molecular weight excluding hydrogens is 389 g/mol. The Hall–Kier alpha value is -3.23. The molecule has 9 heteroatoms. The Labute approximate surface area is 163 Å². The Morgan fingerprint density at radius 1 is 1.21 bits per heavy atom. The first kappa shape index (κ1) is 20.5. The van der Waals surface area contributed by atoms with Crippen LogP contribution in [0.3, 0.4) is 0 Å². The molecular formula is C20H19F3N2O4. The molecule has 0 aliphatic carbocycles. The van der Waals surface area contributed by atoms with E-state index >= 15 is 0 Å². The van der Waals surface area contributed by atoms with E-state index in [1.807, 2.05) is 6.92 Å². The number of alkyl halides is 3. The molecule has 1 amide bonds. The van der Waals surface area contributed by atoms with Crippen molar-refractivity contribution in [2.75, 3.05) is 11.9 Å². The molecule has 0 saturated heterocycles. The van der Waals surface area contributed by atoms with Crippen LogP contribution in [0.4, 0.5) is 18.9 Å². The predicted molar refractivity (Wildman–Crippen MR) is 101 cm³/mol. The van der Waals surface area contributed by atoms with Gasteiger partial charge in [0.15, 0.2) is 5.58 Å². The Morgan fingerprint density at radius 2 is 1.97 bits per heavy atom. The Morgan fingerprint density at radius 3 is 2.69 bits per heavy atom. The van der Waals surface area contributed by atoms with Crippen LogP contribution >= 0.6 is 0 Å². The number of carbonyl (C=O) groups excluding carboxylic acids is 1. The number of aromatic nitrogens is 1. The van der Waals surface area contributed by atoms with Crippen LogP contribution in [0.15, 0.2) is 51.7 Å². The second kappa shape index (κ2) is 8.42. The lowest BCUT2D eigenvalue weighted by Gasteiger charge is -2.15. The zero-order valence-electron chi connectivity index (χ0n) is 15.6. The SMILES string of the molecule is CCCOc1ccc(C(F)(F)F)cc1NC(=O)CCn1c(=O)oc2ccccc21. The number of carbonyl (C=O) groups is 1. The van der Waals surface area contributed by atoms with E-state index in [1.165, 1.54) is 10.6 Å². The van der Waals surface area contributed by atoms with Crippen molar-refractivity contribution in [3.8, 4) is 5.75 Å². The third-order valence-electron chi connectivity index (χ3n) is 4.18. The van der Waals surface area contributed by atoms with Crippen molar-refractivity contribution in [2.24, 2.45) is 0 Å². The van der Waals surface area contributed by atoms with E-state index < -0.39 is 23.4 Å². The normalized spacial score (nSPS) is 11.6. The molecule has 3 rings (SSSR count). The largest absolute Gasteiger partial charge is 0.491 e. The van der Waals surface area contributed by atoms with Crippen LogP contribution in [0.5, 0.6) is 5.75 Å². The van der Waals surface area contributed by atoms with Crippen molar-refractivity contribution in [3.05, 3.63) is 58.6 Å². The van der Waals surface area contributed by atoms with Crippen molar-refractivity contribution in [3.63, 3.8) is 0 Å². The van der Waals surface area contributed by atoms with Crippen LogP contribution in [-0.2, 0) is 17.5 Å². The zero-order valence-corrected chi connectivity index (χ0v) is 15.6. The minimum absolute atomic E-state index is 0.0196. The monoisotopic (exact) mass is 408 g/mol. The van der Waals surface area contributed by atoms with Crippen LogP contribution in [0, 0.1) is 0 Å². The summed E-state index contributed by atoms with van der Waals surface area (Å²) in [4.78, 5) is 24.3. The predicted octanol–water partition coefficient (Wildman–Crippen LogP) is 4.43. The molecule has 0 unspecified atom stereocenters. The number of hydrogen-bond acceptors (Lipinski definition) is 4. The first-order valence-corrected chi connectivity index (χ1v) is 9.02. The van der Waals surface area contributed by atoms with Gasteiger partial charge >= 0.3 is 11.9 Å². The number of halogens is 3. The number of aryl methyl sites for hydroxylation is 1. The van der Waals surface area contributed by atoms with Gasteiger partial charge in [0.05, 0.1) is 23.4 Å². The quantitative estimate of drug-likeness (QED) is 0.628. The standard InChI is InChI=1S/C20H19F3N2O4/c1-2-11-28-16-8-7-13(20(21,22)23)12-14(16)24-18(26)9-10-25-15-5-3-4-6-17(15)29-19(25)27/h3-8,12H,2,9-11H2,1H3,(H,24,26). The van der Waals surface area contributed by atoms with Gasteiger partial charge < -0.3 is 14.5 Å². The third-order valence-corrected chi connectivity index (χ3v) is 4.18. The fourth-order valence-corrected chi connectivity index (χ4v) is 2.79. The summed E-state index contributed by atoms with van der Waals surface area (Å²) in [5, 5.41) is 2.45. The lowest BCUT2D eigenvalue weighted by molar-refractivity contribution is -0.137. The van der Waals surface area contributed by atoms with Gasteiger partial charge in [0.1, 0.15) is 5.75 Å². The van der Waals surface area contributed by atoms with Crippen molar-refractivity contribution in [2.45, 2.75) is 32.5 Å². The highest BCUT2D eigenvalue weighted by molar-refractivity contribution is 5.92. The van der Waals surface area contributed by atoms with E-state index in [0.29, 0.717) is 24.1 Å². The third kappa shape index (κ3) is 4.79. The van der Waals surface area contributed by atoms with Crippen molar-refractivity contribution >= 4 is 22.7 Å². The molecule has 0 fully saturated rings. The second-order valence-electron chi connectivity index (χ2n) is 6.34. The number of para-hydroxylation sites is 2. The lowest BCUT2D eigenvalue weighted by Crippen LogP contribution is -2.20. The van der Waals surface area contributed by atoms with Crippen LogP contribution in [0.25, 0.3) is 11.1 Å². The van der Waals surface area contributed by atoms with Crippen molar-refractivity contribution in [1.29, 1.82) is 0 Å². The highest BCUT2D eigenvalue weighted by Gasteiger charge is 2.31. The molecule has 0 atom stereocenters. The van der Waals surface area contributed by atoms with E-state index in [0.717, 1.165) is 12.1 Å². The van der Waals surface area contributed by atoms with Gasteiger partial charge in [0.25, 0.3) is 0 Å². The summed E-state index contributed by atoms with van der Waals surface area (Å²) in [5.41, 5.74) is -0.0289. The number of nitrogens with zero attached hydrogens (tertiary/aromatic N) is 1. The Bertz CT molecular complexity index is 1070. The molecule has 2 aromatic carbocycles. The number of amides is 1. The molecule has 29 heavy (non-hydrogen) atoms. The van der Waals surface area contributed by atoms with Crippen molar-refractivity contribution in [1.82, 2.24) is 4.57 Å². The average molecular weight is 408 g/mol. The molecule has 1 aromatic heterocycles. The van der Waals surface area contributed by atoms with Gasteiger partial charge in [0.2, 0.25) is 5.91 Å². The van der Waals surface area contributed by atoms with Crippen LogP contribution in [0.2, 0.25) is 0 Å². The van der Waals surface area contributed by atoms with E-state index in [9.17, 15) is 22.8 Å². The van der Waals surface area contributed by atoms with Gasteiger partial charge in [-0.15, -0.1) is 0 Å². The maximum Gasteiger partial charge on any atom is 0.419 e. The maximum absolute atomic E-state index is 13.0. The van der Waals surface area contributed by atoms with Gasteiger partial charge in [-0.1, -0.05) is 19.1 Å². The van der Waals surface area contributed by atoms with Crippen LogP contribution in [-0.4, -0.2) is 17.1 Å². The minimum Gasteiger partial charge on any atom is -0.491 e. The number of ether oxygens (including phenoxy) is 1. The highest BCUT2D eigenvalue weighted by Crippen LogP contribution is 2.35. The van der Waals surface area contributed by atoms with Gasteiger partial charge in [-0.3, -0.25) is 9.36 Å². The summed E-state index contributed by atoms with van der Waals surface area (Å²) in [7, 11) is 0. The molecule has 1 N–H and O–H groups in total. The highest BCUT2D eigenvalue weighted by atomic mass is 19.4. The number of nitrogens with one attached hydrogen (secondary N) is 1. The molecule has 3 aromatic rings.